The van der Waals surface area contributed by atoms with Crippen LogP contribution < -0.4 is 0 Å². The molecule has 0 amide bonds. The lowest BCUT2D eigenvalue weighted by molar-refractivity contribution is -0.139. The van der Waals surface area contributed by atoms with E-state index in [1.807, 2.05) is 30.3 Å². The molecule has 2 aromatic carbocycles. The molecule has 0 bridgehead atoms. The van der Waals surface area contributed by atoms with Crippen molar-refractivity contribution in [2.24, 2.45) is 0 Å². The van der Waals surface area contributed by atoms with Crippen molar-refractivity contribution in [3.05, 3.63) is 60.2 Å². The number of fused-ring (bicyclic) bond motifs is 3. The SMILES string of the molecule is CCOC(=O)CSc1nc(-c2cc3c(ccc4ccccc43)o2)ccc1C#N. The maximum Gasteiger partial charge on any atom is 0.316 e. The highest BCUT2D eigenvalue weighted by molar-refractivity contribution is 7.99. The molecule has 0 spiro atoms. The average molecular weight is 388 g/mol. The molecule has 0 aliphatic rings. The molecule has 0 saturated carbocycles. The van der Waals surface area contributed by atoms with E-state index in [1.165, 1.54) is 11.8 Å². The van der Waals surface area contributed by atoms with Gasteiger partial charge >= 0.3 is 5.97 Å². The molecule has 0 N–H and O–H groups in total. The van der Waals surface area contributed by atoms with Gasteiger partial charge in [0.25, 0.3) is 0 Å². The Bertz CT molecular complexity index is 1220. The number of ether oxygens (including phenoxy) is 1. The van der Waals surface area contributed by atoms with Gasteiger partial charge < -0.3 is 9.15 Å². The lowest BCUT2D eigenvalue weighted by Crippen LogP contribution is -2.07. The summed E-state index contributed by atoms with van der Waals surface area (Å²) in [5.41, 5.74) is 1.81. The summed E-state index contributed by atoms with van der Waals surface area (Å²) in [7, 11) is 0. The van der Waals surface area contributed by atoms with Crippen molar-refractivity contribution in [3.63, 3.8) is 0 Å². The normalized spacial score (nSPS) is 10.9. The fourth-order valence-corrected chi connectivity index (χ4v) is 3.79. The standard InChI is InChI=1S/C22H16N2O3S/c1-2-26-21(25)13-28-22-15(12-23)7-9-18(24-22)20-11-17-16-6-4-3-5-14(16)8-10-19(17)27-20/h3-11H,2,13H2,1H3. The summed E-state index contributed by atoms with van der Waals surface area (Å²) in [6, 6.07) is 19.6. The van der Waals surface area contributed by atoms with Crippen molar-refractivity contribution >= 4 is 39.5 Å². The van der Waals surface area contributed by atoms with Gasteiger partial charge in [0.1, 0.15) is 22.4 Å². The van der Waals surface area contributed by atoms with Crippen LogP contribution in [0.1, 0.15) is 12.5 Å². The van der Waals surface area contributed by atoms with Gasteiger partial charge in [-0.2, -0.15) is 5.26 Å². The number of aromatic nitrogens is 1. The molecular weight excluding hydrogens is 372 g/mol. The molecule has 4 aromatic rings. The van der Waals surface area contributed by atoms with Crippen LogP contribution in [-0.2, 0) is 9.53 Å². The molecule has 5 nitrogen and oxygen atoms in total. The third kappa shape index (κ3) is 3.45. The zero-order chi connectivity index (χ0) is 19.5. The number of esters is 1. The molecular formula is C22H16N2O3S. The first-order valence-electron chi connectivity index (χ1n) is 8.81. The molecule has 0 aliphatic heterocycles. The molecule has 0 unspecified atom stereocenters. The maximum atomic E-state index is 11.6. The Hall–Kier alpha value is -3.30. The van der Waals surface area contributed by atoms with E-state index in [1.54, 1.807) is 19.1 Å². The lowest BCUT2D eigenvalue weighted by atomic mass is 10.1. The van der Waals surface area contributed by atoms with Crippen molar-refractivity contribution in [2.45, 2.75) is 11.9 Å². The molecule has 2 heterocycles. The van der Waals surface area contributed by atoms with Crippen molar-refractivity contribution in [1.82, 2.24) is 4.98 Å². The molecule has 28 heavy (non-hydrogen) atoms. The second-order valence-corrected chi connectivity index (χ2v) is 7.03. The third-order valence-electron chi connectivity index (χ3n) is 4.29. The number of carbonyl (C=O) groups excluding carboxylic acids is 1. The minimum absolute atomic E-state index is 0.101. The first-order valence-corrected chi connectivity index (χ1v) is 9.79. The second-order valence-electron chi connectivity index (χ2n) is 6.06. The van der Waals surface area contributed by atoms with E-state index in [-0.39, 0.29) is 11.7 Å². The fourth-order valence-electron chi connectivity index (χ4n) is 3.02. The largest absolute Gasteiger partial charge is 0.465 e. The molecule has 0 atom stereocenters. The highest BCUT2D eigenvalue weighted by Gasteiger charge is 2.14. The molecule has 0 saturated heterocycles. The van der Waals surface area contributed by atoms with Crippen LogP contribution in [0.3, 0.4) is 0 Å². The molecule has 0 aliphatic carbocycles. The average Bonchev–Trinajstić information content (AvgIpc) is 3.17. The Morgan fingerprint density at radius 2 is 2.04 bits per heavy atom. The third-order valence-corrected chi connectivity index (χ3v) is 5.26. The molecule has 2 aromatic heterocycles. The van der Waals surface area contributed by atoms with E-state index >= 15 is 0 Å². The zero-order valence-corrected chi connectivity index (χ0v) is 16.0. The number of furan rings is 1. The van der Waals surface area contributed by atoms with E-state index in [2.05, 4.69) is 23.2 Å². The van der Waals surface area contributed by atoms with Crippen molar-refractivity contribution in [3.8, 4) is 17.5 Å². The van der Waals surface area contributed by atoms with Gasteiger partial charge in [-0.3, -0.25) is 4.79 Å². The predicted octanol–water partition coefficient (Wildman–Crippen LogP) is 5.17. The van der Waals surface area contributed by atoms with E-state index < -0.39 is 0 Å². The van der Waals surface area contributed by atoms with Crippen molar-refractivity contribution < 1.29 is 13.9 Å². The van der Waals surface area contributed by atoms with Crippen LogP contribution in [-0.4, -0.2) is 23.3 Å². The van der Waals surface area contributed by atoms with Gasteiger partial charge in [0, 0.05) is 5.39 Å². The molecule has 4 rings (SSSR count). The summed E-state index contributed by atoms with van der Waals surface area (Å²) in [6.45, 7) is 2.08. The van der Waals surface area contributed by atoms with E-state index in [0.29, 0.717) is 28.7 Å². The van der Waals surface area contributed by atoms with E-state index in [0.717, 1.165) is 21.7 Å². The Morgan fingerprint density at radius 3 is 2.86 bits per heavy atom. The van der Waals surface area contributed by atoms with Gasteiger partial charge in [-0.25, -0.2) is 4.98 Å². The van der Waals surface area contributed by atoms with Gasteiger partial charge in [0.2, 0.25) is 0 Å². The Kier molecular flexibility index (Phi) is 5.00. The highest BCUT2D eigenvalue weighted by Crippen LogP contribution is 2.33. The Labute approximate surface area is 165 Å². The Morgan fingerprint density at radius 1 is 1.18 bits per heavy atom. The first kappa shape index (κ1) is 18.1. The smallest absolute Gasteiger partial charge is 0.316 e. The summed E-state index contributed by atoms with van der Waals surface area (Å²) in [5, 5.41) is 13.1. The molecule has 0 fully saturated rings. The van der Waals surface area contributed by atoms with Crippen molar-refractivity contribution in [1.29, 1.82) is 5.26 Å². The van der Waals surface area contributed by atoms with Gasteiger partial charge in [-0.1, -0.05) is 42.1 Å². The summed E-state index contributed by atoms with van der Waals surface area (Å²) in [4.78, 5) is 16.2. The molecule has 0 radical (unpaired) electrons. The summed E-state index contributed by atoms with van der Waals surface area (Å²) >= 11 is 1.19. The predicted molar refractivity (Wildman–Crippen MR) is 109 cm³/mol. The number of nitrogens with zero attached hydrogens (tertiary/aromatic N) is 2. The molecule has 138 valence electrons. The van der Waals surface area contributed by atoms with Crippen LogP contribution in [0.25, 0.3) is 33.2 Å². The van der Waals surface area contributed by atoms with Crippen molar-refractivity contribution in [2.75, 3.05) is 12.4 Å². The van der Waals surface area contributed by atoms with Crippen LogP contribution in [0, 0.1) is 11.3 Å². The minimum Gasteiger partial charge on any atom is -0.465 e. The zero-order valence-electron chi connectivity index (χ0n) is 15.1. The van der Waals surface area contributed by atoms with Crippen LogP contribution in [0.2, 0.25) is 0 Å². The van der Waals surface area contributed by atoms with Crippen LogP contribution in [0.15, 0.2) is 64.0 Å². The van der Waals surface area contributed by atoms with Crippen LogP contribution in [0.4, 0.5) is 0 Å². The number of benzene rings is 2. The number of hydrogen-bond acceptors (Lipinski definition) is 6. The highest BCUT2D eigenvalue weighted by atomic mass is 32.2. The number of hydrogen-bond donors (Lipinski definition) is 0. The quantitative estimate of drug-likeness (QED) is 0.346. The summed E-state index contributed by atoms with van der Waals surface area (Å²) in [5.74, 6) is 0.386. The number of pyridine rings is 1. The van der Waals surface area contributed by atoms with E-state index in [9.17, 15) is 10.1 Å². The number of nitriles is 1. The number of carbonyl (C=O) groups is 1. The first-order chi connectivity index (χ1) is 13.7. The molecule has 6 heteroatoms. The van der Waals surface area contributed by atoms with Gasteiger partial charge in [-0.15, -0.1) is 0 Å². The summed E-state index contributed by atoms with van der Waals surface area (Å²) < 4.78 is 11.0. The number of rotatable bonds is 5. The maximum absolute atomic E-state index is 11.6. The van der Waals surface area contributed by atoms with Gasteiger partial charge in [0.05, 0.1) is 17.9 Å². The van der Waals surface area contributed by atoms with Gasteiger partial charge in [-0.05, 0) is 42.0 Å². The van der Waals surface area contributed by atoms with Gasteiger partial charge in [0.15, 0.2) is 5.76 Å². The van der Waals surface area contributed by atoms with Crippen LogP contribution in [0.5, 0.6) is 0 Å². The minimum atomic E-state index is -0.334. The monoisotopic (exact) mass is 388 g/mol. The number of thioether (sulfide) groups is 1. The second kappa shape index (κ2) is 7.75. The fraction of sp³-hybridized carbons (Fsp3) is 0.136. The van der Waals surface area contributed by atoms with Crippen LogP contribution >= 0.6 is 11.8 Å². The lowest BCUT2D eigenvalue weighted by Gasteiger charge is -2.05. The summed E-state index contributed by atoms with van der Waals surface area (Å²) in [6.07, 6.45) is 0. The van der Waals surface area contributed by atoms with E-state index in [4.69, 9.17) is 9.15 Å². The topological polar surface area (TPSA) is 76.1 Å². The Balaban J connectivity index is 1.72.